The largest absolute Gasteiger partial charge is 0.363 e. The third-order valence-corrected chi connectivity index (χ3v) is 2.99. The second kappa shape index (κ2) is 5.79. The molecule has 18 heavy (non-hydrogen) atoms. The topological polar surface area (TPSA) is 75.9 Å². The number of nitrogen functional groups attached to an aromatic ring is 1. The van der Waals surface area contributed by atoms with Crippen molar-refractivity contribution in [2.24, 2.45) is 5.84 Å². The molecule has 0 aliphatic heterocycles. The SMILES string of the molecule is CC(Nc1ccnc(NN)n1)c1cccc(Br)c1. The van der Waals surface area contributed by atoms with Crippen LogP contribution >= 0.6 is 15.9 Å². The fourth-order valence-electron chi connectivity index (χ4n) is 1.59. The third-order valence-electron chi connectivity index (χ3n) is 2.50. The lowest BCUT2D eigenvalue weighted by Gasteiger charge is -2.15. The van der Waals surface area contributed by atoms with Crippen molar-refractivity contribution in [1.29, 1.82) is 0 Å². The molecule has 1 aromatic carbocycles. The number of rotatable bonds is 4. The Bertz CT molecular complexity index is 531. The van der Waals surface area contributed by atoms with Gasteiger partial charge in [-0.3, -0.25) is 5.43 Å². The number of hydrazine groups is 1. The summed E-state index contributed by atoms with van der Waals surface area (Å²) in [6, 6.07) is 10.1. The van der Waals surface area contributed by atoms with Crippen LogP contribution in [0.2, 0.25) is 0 Å². The second-order valence-electron chi connectivity index (χ2n) is 3.83. The van der Waals surface area contributed by atoms with Gasteiger partial charge in [0.2, 0.25) is 5.95 Å². The maximum absolute atomic E-state index is 5.27. The van der Waals surface area contributed by atoms with Crippen molar-refractivity contribution in [2.45, 2.75) is 13.0 Å². The first kappa shape index (κ1) is 12.8. The molecule has 0 aliphatic carbocycles. The monoisotopic (exact) mass is 307 g/mol. The summed E-state index contributed by atoms with van der Waals surface area (Å²) in [5, 5.41) is 3.29. The highest BCUT2D eigenvalue weighted by Gasteiger charge is 2.06. The van der Waals surface area contributed by atoms with Gasteiger partial charge < -0.3 is 5.32 Å². The Hall–Kier alpha value is -1.66. The van der Waals surface area contributed by atoms with Gasteiger partial charge in [0, 0.05) is 16.7 Å². The van der Waals surface area contributed by atoms with E-state index in [9.17, 15) is 0 Å². The molecule has 1 heterocycles. The maximum atomic E-state index is 5.27. The number of nitrogens with one attached hydrogen (secondary N) is 2. The van der Waals surface area contributed by atoms with Gasteiger partial charge in [0.05, 0.1) is 0 Å². The summed E-state index contributed by atoms with van der Waals surface area (Å²) in [6.45, 7) is 2.07. The molecule has 0 radical (unpaired) electrons. The summed E-state index contributed by atoms with van der Waals surface area (Å²) in [5.74, 6) is 6.39. The minimum absolute atomic E-state index is 0.142. The zero-order chi connectivity index (χ0) is 13.0. The molecular formula is C12H14BrN5. The Morgan fingerprint density at radius 2 is 2.17 bits per heavy atom. The zero-order valence-corrected chi connectivity index (χ0v) is 11.5. The highest BCUT2D eigenvalue weighted by atomic mass is 79.9. The lowest BCUT2D eigenvalue weighted by Crippen LogP contribution is -2.13. The summed E-state index contributed by atoms with van der Waals surface area (Å²) in [4.78, 5) is 8.17. The van der Waals surface area contributed by atoms with Crippen LogP contribution in [0, 0.1) is 0 Å². The Morgan fingerprint density at radius 1 is 1.33 bits per heavy atom. The van der Waals surface area contributed by atoms with Gasteiger partial charge >= 0.3 is 0 Å². The maximum Gasteiger partial charge on any atom is 0.239 e. The van der Waals surface area contributed by atoms with Gasteiger partial charge in [-0.15, -0.1) is 0 Å². The van der Waals surface area contributed by atoms with Gasteiger partial charge in [0.1, 0.15) is 5.82 Å². The first-order chi connectivity index (χ1) is 8.69. The normalized spacial score (nSPS) is 11.9. The van der Waals surface area contributed by atoms with Gasteiger partial charge in [0.25, 0.3) is 0 Å². The first-order valence-electron chi connectivity index (χ1n) is 5.50. The number of nitrogens with zero attached hydrogens (tertiary/aromatic N) is 2. The molecule has 94 valence electrons. The third kappa shape index (κ3) is 3.18. The summed E-state index contributed by atoms with van der Waals surface area (Å²) in [6.07, 6.45) is 1.65. The van der Waals surface area contributed by atoms with Gasteiger partial charge in [-0.25, -0.2) is 10.8 Å². The summed E-state index contributed by atoms with van der Waals surface area (Å²) in [7, 11) is 0. The predicted octanol–water partition coefficient (Wildman–Crippen LogP) is 2.70. The van der Waals surface area contributed by atoms with Crippen molar-refractivity contribution < 1.29 is 0 Å². The second-order valence-corrected chi connectivity index (χ2v) is 4.75. The smallest absolute Gasteiger partial charge is 0.239 e. The first-order valence-corrected chi connectivity index (χ1v) is 6.30. The lowest BCUT2D eigenvalue weighted by molar-refractivity contribution is 0.871. The number of hydrogen-bond donors (Lipinski definition) is 3. The van der Waals surface area contributed by atoms with Crippen LogP contribution in [-0.2, 0) is 0 Å². The van der Waals surface area contributed by atoms with E-state index in [2.05, 4.69) is 55.7 Å². The molecule has 0 saturated carbocycles. The molecular weight excluding hydrogens is 294 g/mol. The average molecular weight is 308 g/mol. The number of benzene rings is 1. The van der Waals surface area contributed by atoms with Crippen molar-refractivity contribution in [3.8, 4) is 0 Å². The summed E-state index contributed by atoms with van der Waals surface area (Å²) in [5.41, 5.74) is 3.59. The van der Waals surface area contributed by atoms with Crippen molar-refractivity contribution in [3.63, 3.8) is 0 Å². The fourth-order valence-corrected chi connectivity index (χ4v) is 2.01. The van der Waals surface area contributed by atoms with Crippen LogP contribution in [0.3, 0.4) is 0 Å². The van der Waals surface area contributed by atoms with Crippen molar-refractivity contribution >= 4 is 27.7 Å². The molecule has 5 nitrogen and oxygen atoms in total. The Balaban J connectivity index is 2.13. The fraction of sp³-hybridized carbons (Fsp3) is 0.167. The van der Waals surface area contributed by atoms with Crippen LogP contribution in [0.4, 0.5) is 11.8 Å². The van der Waals surface area contributed by atoms with E-state index in [1.54, 1.807) is 12.3 Å². The number of aromatic nitrogens is 2. The van der Waals surface area contributed by atoms with Crippen molar-refractivity contribution in [2.75, 3.05) is 10.7 Å². The molecule has 6 heteroatoms. The van der Waals surface area contributed by atoms with Crippen LogP contribution in [0.5, 0.6) is 0 Å². The highest BCUT2D eigenvalue weighted by molar-refractivity contribution is 9.10. The van der Waals surface area contributed by atoms with E-state index in [1.165, 1.54) is 5.56 Å². The van der Waals surface area contributed by atoms with E-state index in [0.29, 0.717) is 5.95 Å². The molecule has 0 aliphatic rings. The Labute approximate surface area is 114 Å². The molecule has 0 bridgehead atoms. The minimum atomic E-state index is 0.142. The molecule has 2 rings (SSSR count). The lowest BCUT2D eigenvalue weighted by atomic mass is 10.1. The quantitative estimate of drug-likeness (QED) is 0.598. The average Bonchev–Trinajstić information content (AvgIpc) is 2.39. The number of halogens is 1. The van der Waals surface area contributed by atoms with Crippen LogP contribution in [0.15, 0.2) is 41.0 Å². The van der Waals surface area contributed by atoms with E-state index in [4.69, 9.17) is 5.84 Å². The van der Waals surface area contributed by atoms with E-state index < -0.39 is 0 Å². The number of nitrogens with two attached hydrogens (primary N) is 1. The van der Waals surface area contributed by atoms with Crippen LogP contribution in [0.25, 0.3) is 0 Å². The van der Waals surface area contributed by atoms with E-state index in [-0.39, 0.29) is 6.04 Å². The van der Waals surface area contributed by atoms with E-state index in [1.807, 2.05) is 12.1 Å². The van der Waals surface area contributed by atoms with Gasteiger partial charge in [-0.05, 0) is 30.7 Å². The molecule has 0 spiro atoms. The van der Waals surface area contributed by atoms with Gasteiger partial charge in [-0.1, -0.05) is 28.1 Å². The predicted molar refractivity (Wildman–Crippen MR) is 76.0 cm³/mol. The molecule has 0 amide bonds. The molecule has 4 N–H and O–H groups in total. The van der Waals surface area contributed by atoms with Crippen LogP contribution < -0.4 is 16.6 Å². The molecule has 0 saturated heterocycles. The molecule has 0 fully saturated rings. The zero-order valence-electron chi connectivity index (χ0n) is 9.89. The van der Waals surface area contributed by atoms with Gasteiger partial charge in [0.15, 0.2) is 0 Å². The Morgan fingerprint density at radius 3 is 2.89 bits per heavy atom. The standard InChI is InChI=1S/C12H14BrN5/c1-8(9-3-2-4-10(13)7-9)16-11-5-6-15-12(17-11)18-14/h2-8H,14H2,1H3,(H2,15,16,17,18). The van der Waals surface area contributed by atoms with E-state index >= 15 is 0 Å². The number of anilines is 2. The van der Waals surface area contributed by atoms with Crippen LogP contribution in [-0.4, -0.2) is 9.97 Å². The summed E-state index contributed by atoms with van der Waals surface area (Å²) >= 11 is 3.46. The summed E-state index contributed by atoms with van der Waals surface area (Å²) < 4.78 is 1.06. The Kier molecular flexibility index (Phi) is 4.11. The molecule has 1 unspecified atom stereocenters. The van der Waals surface area contributed by atoms with Gasteiger partial charge in [-0.2, -0.15) is 4.98 Å². The molecule has 1 atom stereocenters. The highest BCUT2D eigenvalue weighted by Crippen LogP contribution is 2.21. The van der Waals surface area contributed by atoms with Crippen LogP contribution in [0.1, 0.15) is 18.5 Å². The molecule has 1 aromatic heterocycles. The number of hydrogen-bond acceptors (Lipinski definition) is 5. The van der Waals surface area contributed by atoms with Crippen molar-refractivity contribution in [3.05, 3.63) is 46.6 Å². The van der Waals surface area contributed by atoms with E-state index in [0.717, 1.165) is 10.3 Å². The van der Waals surface area contributed by atoms with Crippen molar-refractivity contribution in [1.82, 2.24) is 9.97 Å². The molecule has 2 aromatic rings. The minimum Gasteiger partial charge on any atom is -0.363 e.